The summed E-state index contributed by atoms with van der Waals surface area (Å²) in [6.45, 7) is 4.78. The molecular formula is C14H28N2O. The van der Waals surface area contributed by atoms with E-state index in [-0.39, 0.29) is 0 Å². The number of piperidine rings is 1. The minimum Gasteiger partial charge on any atom is -0.389 e. The summed E-state index contributed by atoms with van der Waals surface area (Å²) in [5.74, 6) is 0.645. The zero-order valence-electron chi connectivity index (χ0n) is 11.2. The van der Waals surface area contributed by atoms with Crippen LogP contribution in [0.5, 0.6) is 0 Å². The van der Waals surface area contributed by atoms with Crippen molar-refractivity contribution in [2.75, 3.05) is 19.6 Å². The van der Waals surface area contributed by atoms with Crippen molar-refractivity contribution in [1.29, 1.82) is 0 Å². The van der Waals surface area contributed by atoms with Crippen molar-refractivity contribution in [2.24, 2.45) is 11.7 Å². The molecule has 0 aromatic carbocycles. The van der Waals surface area contributed by atoms with Crippen molar-refractivity contribution in [2.45, 2.75) is 63.5 Å². The fourth-order valence-electron chi connectivity index (χ4n) is 3.66. The molecule has 1 saturated heterocycles. The van der Waals surface area contributed by atoms with Gasteiger partial charge in [-0.15, -0.1) is 0 Å². The number of hydrogen-bond donors (Lipinski definition) is 2. The molecule has 1 aliphatic heterocycles. The van der Waals surface area contributed by atoms with Crippen molar-refractivity contribution >= 4 is 0 Å². The van der Waals surface area contributed by atoms with Gasteiger partial charge < -0.3 is 10.8 Å². The maximum Gasteiger partial charge on any atom is 0.0746 e. The van der Waals surface area contributed by atoms with E-state index < -0.39 is 5.60 Å². The van der Waals surface area contributed by atoms with Crippen LogP contribution in [0.25, 0.3) is 0 Å². The molecule has 3 unspecified atom stereocenters. The van der Waals surface area contributed by atoms with E-state index in [1.165, 1.54) is 32.1 Å². The second-order valence-electron chi connectivity index (χ2n) is 6.27. The Balaban J connectivity index is 2.02. The highest BCUT2D eigenvalue weighted by atomic mass is 16.3. The average molecular weight is 240 g/mol. The summed E-state index contributed by atoms with van der Waals surface area (Å²) in [4.78, 5) is 2.52. The van der Waals surface area contributed by atoms with Crippen molar-refractivity contribution in [3.05, 3.63) is 0 Å². The van der Waals surface area contributed by atoms with Crippen LogP contribution in [0.15, 0.2) is 0 Å². The van der Waals surface area contributed by atoms with E-state index in [0.717, 1.165) is 32.5 Å². The van der Waals surface area contributed by atoms with E-state index in [1.807, 2.05) is 6.92 Å². The predicted octanol–water partition coefficient (Wildman–Crippen LogP) is 1.74. The first-order valence-electron chi connectivity index (χ1n) is 7.29. The van der Waals surface area contributed by atoms with Crippen LogP contribution in [-0.2, 0) is 0 Å². The first kappa shape index (κ1) is 13.3. The van der Waals surface area contributed by atoms with Gasteiger partial charge in [0.15, 0.2) is 0 Å². The van der Waals surface area contributed by atoms with Crippen molar-refractivity contribution < 1.29 is 5.11 Å². The lowest BCUT2D eigenvalue weighted by molar-refractivity contribution is -0.0395. The van der Waals surface area contributed by atoms with E-state index in [1.54, 1.807) is 0 Å². The number of rotatable bonds is 2. The van der Waals surface area contributed by atoms with Crippen LogP contribution in [0, 0.1) is 5.92 Å². The van der Waals surface area contributed by atoms with Crippen molar-refractivity contribution in [3.63, 3.8) is 0 Å². The highest BCUT2D eigenvalue weighted by molar-refractivity contribution is 4.90. The van der Waals surface area contributed by atoms with Gasteiger partial charge in [-0.2, -0.15) is 0 Å². The maximum absolute atomic E-state index is 10.2. The first-order chi connectivity index (χ1) is 8.12. The summed E-state index contributed by atoms with van der Waals surface area (Å²) in [5, 5.41) is 10.2. The molecule has 0 amide bonds. The van der Waals surface area contributed by atoms with Crippen LogP contribution in [0.3, 0.4) is 0 Å². The average Bonchev–Trinajstić information content (AvgIpc) is 2.52. The lowest BCUT2D eigenvalue weighted by Crippen LogP contribution is -2.53. The predicted molar refractivity (Wildman–Crippen MR) is 70.8 cm³/mol. The van der Waals surface area contributed by atoms with Gasteiger partial charge in [-0.25, -0.2) is 0 Å². The van der Waals surface area contributed by atoms with Gasteiger partial charge in [0.25, 0.3) is 0 Å². The molecule has 3 nitrogen and oxygen atoms in total. The number of hydrogen-bond acceptors (Lipinski definition) is 3. The lowest BCUT2D eigenvalue weighted by atomic mass is 9.88. The van der Waals surface area contributed by atoms with Gasteiger partial charge >= 0.3 is 0 Å². The molecule has 0 spiro atoms. The third kappa shape index (κ3) is 3.43. The van der Waals surface area contributed by atoms with Gasteiger partial charge in [0.2, 0.25) is 0 Å². The molecule has 100 valence electrons. The number of nitrogens with zero attached hydrogens (tertiary/aromatic N) is 1. The van der Waals surface area contributed by atoms with E-state index in [2.05, 4.69) is 4.90 Å². The topological polar surface area (TPSA) is 49.5 Å². The minimum absolute atomic E-state index is 0.482. The fourth-order valence-corrected chi connectivity index (χ4v) is 3.66. The molecule has 0 aromatic heterocycles. The molecular weight excluding hydrogens is 212 g/mol. The Morgan fingerprint density at radius 1 is 1.24 bits per heavy atom. The Kier molecular flexibility index (Phi) is 4.45. The van der Waals surface area contributed by atoms with Crippen LogP contribution < -0.4 is 5.73 Å². The molecule has 17 heavy (non-hydrogen) atoms. The zero-order chi connectivity index (χ0) is 12.3. The van der Waals surface area contributed by atoms with E-state index in [0.29, 0.717) is 12.0 Å². The van der Waals surface area contributed by atoms with Gasteiger partial charge in [-0.1, -0.05) is 19.3 Å². The first-order valence-corrected chi connectivity index (χ1v) is 7.29. The van der Waals surface area contributed by atoms with Crippen LogP contribution in [0.2, 0.25) is 0 Å². The van der Waals surface area contributed by atoms with E-state index >= 15 is 0 Å². The molecule has 3 atom stereocenters. The number of β-amino-alcohol motifs (C(OH)–C–C–N with tert-alkyl or cyclic N) is 1. The molecule has 2 rings (SSSR count). The lowest BCUT2D eigenvalue weighted by Gasteiger charge is -2.43. The summed E-state index contributed by atoms with van der Waals surface area (Å²) in [6, 6.07) is 0.620. The normalized spacial score (nSPS) is 41.1. The Labute approximate surface area is 105 Å². The smallest absolute Gasteiger partial charge is 0.0746 e. The van der Waals surface area contributed by atoms with Gasteiger partial charge in [-0.3, -0.25) is 4.90 Å². The molecule has 1 saturated carbocycles. The maximum atomic E-state index is 10.2. The third-order valence-electron chi connectivity index (χ3n) is 4.60. The monoisotopic (exact) mass is 240 g/mol. The SMILES string of the molecule is CC1(O)CCCN(C2CCCCCC2CN)C1. The van der Waals surface area contributed by atoms with Gasteiger partial charge in [0, 0.05) is 12.6 Å². The third-order valence-corrected chi connectivity index (χ3v) is 4.60. The van der Waals surface area contributed by atoms with Crippen molar-refractivity contribution in [1.82, 2.24) is 4.90 Å². The second-order valence-corrected chi connectivity index (χ2v) is 6.27. The highest BCUT2D eigenvalue weighted by Crippen LogP contribution is 2.31. The fraction of sp³-hybridized carbons (Fsp3) is 1.00. The summed E-state index contributed by atoms with van der Waals surface area (Å²) >= 11 is 0. The molecule has 2 aliphatic rings. The Morgan fingerprint density at radius 2 is 2.00 bits per heavy atom. The molecule has 1 aliphatic carbocycles. The molecule has 0 bridgehead atoms. The number of likely N-dealkylation sites (tertiary alicyclic amines) is 1. The van der Waals surface area contributed by atoms with Gasteiger partial charge in [-0.05, 0) is 51.6 Å². The summed E-state index contributed by atoms with van der Waals surface area (Å²) in [5.41, 5.74) is 5.47. The highest BCUT2D eigenvalue weighted by Gasteiger charge is 2.35. The Hall–Kier alpha value is -0.120. The van der Waals surface area contributed by atoms with Crippen LogP contribution in [-0.4, -0.2) is 41.3 Å². The summed E-state index contributed by atoms with van der Waals surface area (Å²) < 4.78 is 0. The quantitative estimate of drug-likeness (QED) is 0.723. The van der Waals surface area contributed by atoms with Crippen LogP contribution in [0.1, 0.15) is 51.9 Å². The van der Waals surface area contributed by atoms with Crippen molar-refractivity contribution in [3.8, 4) is 0 Å². The molecule has 1 heterocycles. The molecule has 3 N–H and O–H groups in total. The van der Waals surface area contributed by atoms with E-state index in [4.69, 9.17) is 5.73 Å². The Morgan fingerprint density at radius 3 is 2.71 bits per heavy atom. The summed E-state index contributed by atoms with van der Waals surface area (Å²) in [6.07, 6.45) is 8.65. The second kappa shape index (κ2) is 5.68. The van der Waals surface area contributed by atoms with Crippen LogP contribution >= 0.6 is 0 Å². The van der Waals surface area contributed by atoms with Gasteiger partial charge in [0.05, 0.1) is 5.60 Å². The largest absolute Gasteiger partial charge is 0.389 e. The minimum atomic E-state index is -0.482. The number of aliphatic hydroxyl groups is 1. The molecule has 0 aromatic rings. The zero-order valence-corrected chi connectivity index (χ0v) is 11.2. The molecule has 3 heteroatoms. The molecule has 0 radical (unpaired) electrons. The Bertz CT molecular complexity index is 242. The molecule has 2 fully saturated rings. The standard InChI is InChI=1S/C14H28N2O/c1-14(17)8-5-9-16(11-14)13-7-4-2-3-6-12(13)10-15/h12-13,17H,2-11,15H2,1H3. The number of nitrogens with two attached hydrogens (primary N) is 1. The van der Waals surface area contributed by atoms with Crippen LogP contribution in [0.4, 0.5) is 0 Å². The van der Waals surface area contributed by atoms with E-state index in [9.17, 15) is 5.11 Å². The summed E-state index contributed by atoms with van der Waals surface area (Å²) in [7, 11) is 0. The van der Waals surface area contributed by atoms with Gasteiger partial charge in [0.1, 0.15) is 0 Å².